The minimum Gasteiger partial charge on any atom is -0.396 e. The second-order valence-electron chi connectivity index (χ2n) is 3.94. The molecule has 0 aliphatic carbocycles. The van der Waals surface area contributed by atoms with Gasteiger partial charge < -0.3 is 10.2 Å². The van der Waals surface area contributed by atoms with Crippen LogP contribution in [0.4, 0.5) is 0 Å². The van der Waals surface area contributed by atoms with Crippen LogP contribution in [0.25, 0.3) is 0 Å². The summed E-state index contributed by atoms with van der Waals surface area (Å²) < 4.78 is 26.1. The van der Waals surface area contributed by atoms with Gasteiger partial charge >= 0.3 is 0 Å². The van der Waals surface area contributed by atoms with Crippen LogP contribution in [0.15, 0.2) is 23.4 Å². The summed E-state index contributed by atoms with van der Waals surface area (Å²) in [7, 11) is -3.64. The fraction of sp³-hybridized carbons (Fsp3) is 0.462. The predicted molar refractivity (Wildman–Crippen MR) is 74.3 cm³/mol. The summed E-state index contributed by atoms with van der Waals surface area (Å²) in [4.78, 5) is 3.92. The van der Waals surface area contributed by atoms with Crippen molar-refractivity contribution in [1.82, 2.24) is 9.29 Å². The lowest BCUT2D eigenvalue weighted by Crippen LogP contribution is -2.32. The smallest absolute Gasteiger partial charge is 0.244 e. The summed E-state index contributed by atoms with van der Waals surface area (Å²) in [6, 6.07) is 1.42. The van der Waals surface area contributed by atoms with Gasteiger partial charge in [-0.3, -0.25) is 4.98 Å². The molecule has 0 bridgehead atoms. The Balaban J connectivity index is 3.07. The first-order valence-electron chi connectivity index (χ1n) is 6.22. The predicted octanol–water partition coefficient (Wildman–Crippen LogP) is -0.182. The van der Waals surface area contributed by atoms with Crippen molar-refractivity contribution in [3.8, 4) is 11.8 Å². The van der Waals surface area contributed by atoms with Crippen LogP contribution in [-0.2, 0) is 10.0 Å². The molecule has 7 heteroatoms. The Morgan fingerprint density at radius 1 is 1.35 bits per heavy atom. The molecule has 1 heterocycles. The van der Waals surface area contributed by atoms with Gasteiger partial charge in [-0.15, -0.1) is 0 Å². The molecule has 1 aromatic rings. The highest BCUT2D eigenvalue weighted by atomic mass is 32.2. The molecular formula is C13H18N2O4S. The first-order chi connectivity index (χ1) is 9.56. The van der Waals surface area contributed by atoms with Crippen LogP contribution in [-0.4, -0.2) is 54.2 Å². The third-order valence-electron chi connectivity index (χ3n) is 2.58. The zero-order chi connectivity index (χ0) is 15.0. The Labute approximate surface area is 119 Å². The number of pyridine rings is 1. The van der Waals surface area contributed by atoms with Crippen molar-refractivity contribution in [3.05, 3.63) is 24.0 Å². The van der Waals surface area contributed by atoms with Crippen LogP contribution >= 0.6 is 0 Å². The third kappa shape index (κ3) is 4.28. The van der Waals surface area contributed by atoms with Crippen LogP contribution in [0.2, 0.25) is 0 Å². The summed E-state index contributed by atoms with van der Waals surface area (Å²) in [5.74, 6) is 5.07. The zero-order valence-electron chi connectivity index (χ0n) is 11.3. The van der Waals surface area contributed by atoms with Crippen LogP contribution in [0.3, 0.4) is 0 Å². The van der Waals surface area contributed by atoms with Gasteiger partial charge in [0.1, 0.15) is 11.5 Å². The number of hydrogen-bond donors (Lipinski definition) is 2. The Morgan fingerprint density at radius 2 is 2.10 bits per heavy atom. The molecule has 0 saturated carbocycles. The number of rotatable bonds is 6. The van der Waals surface area contributed by atoms with E-state index in [1.54, 1.807) is 6.92 Å². The number of aliphatic hydroxyl groups is 2. The van der Waals surface area contributed by atoms with E-state index in [1.807, 2.05) is 0 Å². The average Bonchev–Trinajstić information content (AvgIpc) is 2.46. The Kier molecular flexibility index (Phi) is 6.61. The largest absolute Gasteiger partial charge is 0.396 e. The molecule has 0 radical (unpaired) electrons. The summed E-state index contributed by atoms with van der Waals surface area (Å²) in [6.07, 6.45) is 3.08. The lowest BCUT2D eigenvalue weighted by atomic mass is 10.3. The molecule has 0 aliphatic rings. The van der Waals surface area contributed by atoms with E-state index >= 15 is 0 Å². The van der Waals surface area contributed by atoms with Crippen molar-refractivity contribution in [2.45, 2.75) is 18.2 Å². The molecule has 1 rings (SSSR count). The normalized spacial score (nSPS) is 11.2. The molecule has 0 atom stereocenters. The second kappa shape index (κ2) is 7.97. The molecule has 0 aliphatic heterocycles. The van der Waals surface area contributed by atoms with E-state index in [0.717, 1.165) is 0 Å². The lowest BCUT2D eigenvalue weighted by Gasteiger charge is -2.19. The van der Waals surface area contributed by atoms with Crippen molar-refractivity contribution >= 4 is 10.0 Å². The van der Waals surface area contributed by atoms with E-state index in [2.05, 4.69) is 16.8 Å². The second-order valence-corrected chi connectivity index (χ2v) is 5.88. The van der Waals surface area contributed by atoms with Gasteiger partial charge in [-0.25, -0.2) is 8.42 Å². The fourth-order valence-corrected chi connectivity index (χ4v) is 3.09. The maximum Gasteiger partial charge on any atom is 0.244 e. The molecule has 0 amide bonds. The molecule has 2 N–H and O–H groups in total. The van der Waals surface area contributed by atoms with Crippen LogP contribution in [0, 0.1) is 11.8 Å². The highest BCUT2D eigenvalue weighted by Gasteiger charge is 2.23. The van der Waals surface area contributed by atoms with E-state index in [9.17, 15) is 8.42 Å². The van der Waals surface area contributed by atoms with Crippen LogP contribution in [0.1, 0.15) is 18.9 Å². The average molecular weight is 298 g/mol. The van der Waals surface area contributed by atoms with Crippen molar-refractivity contribution < 1.29 is 18.6 Å². The maximum atomic E-state index is 12.4. The SMILES string of the molecule is CCN(CCCO)S(=O)(=O)c1cncc(C#CCO)c1. The minimum absolute atomic E-state index is 0.0574. The topological polar surface area (TPSA) is 90.7 Å². The van der Waals surface area contributed by atoms with Gasteiger partial charge in [0.05, 0.1) is 0 Å². The van der Waals surface area contributed by atoms with Gasteiger partial charge in [-0.2, -0.15) is 4.31 Å². The summed E-state index contributed by atoms with van der Waals surface area (Å²) >= 11 is 0. The first kappa shape index (κ1) is 16.6. The monoisotopic (exact) mass is 298 g/mol. The Morgan fingerprint density at radius 3 is 2.70 bits per heavy atom. The van der Waals surface area contributed by atoms with Crippen LogP contribution in [0.5, 0.6) is 0 Å². The molecule has 0 unspecified atom stereocenters. The maximum absolute atomic E-state index is 12.4. The molecule has 0 spiro atoms. The molecule has 0 saturated heterocycles. The third-order valence-corrected chi connectivity index (χ3v) is 4.52. The number of nitrogens with zero attached hydrogens (tertiary/aromatic N) is 2. The van der Waals surface area contributed by atoms with E-state index in [1.165, 1.54) is 22.8 Å². The molecule has 0 aromatic carbocycles. The van der Waals surface area contributed by atoms with Gasteiger partial charge in [0, 0.05) is 37.7 Å². The highest BCUT2D eigenvalue weighted by molar-refractivity contribution is 7.89. The molecule has 1 aromatic heterocycles. The molecule has 6 nitrogen and oxygen atoms in total. The van der Waals surface area contributed by atoms with Crippen LogP contribution < -0.4 is 0 Å². The summed E-state index contributed by atoms with van der Waals surface area (Å²) in [5.41, 5.74) is 0.429. The lowest BCUT2D eigenvalue weighted by molar-refractivity contribution is 0.271. The molecular weight excluding hydrogens is 280 g/mol. The van der Waals surface area contributed by atoms with Gasteiger partial charge in [-0.1, -0.05) is 18.8 Å². The van der Waals surface area contributed by atoms with E-state index in [0.29, 0.717) is 18.5 Å². The highest BCUT2D eigenvalue weighted by Crippen LogP contribution is 2.15. The van der Waals surface area contributed by atoms with E-state index < -0.39 is 10.0 Å². The first-order valence-corrected chi connectivity index (χ1v) is 7.66. The number of aromatic nitrogens is 1. The standard InChI is InChI=1S/C13H18N2O4S/c1-2-15(6-4-8-17)20(18,19)13-9-12(5-3-7-16)10-14-11-13/h9-11,16-17H,2,4,6-8H2,1H3. The van der Waals surface area contributed by atoms with Crippen molar-refractivity contribution in [1.29, 1.82) is 0 Å². The minimum atomic E-state index is -3.64. The van der Waals surface area contributed by atoms with E-state index in [-0.39, 0.29) is 24.7 Å². The van der Waals surface area contributed by atoms with Gasteiger partial charge in [0.25, 0.3) is 0 Å². The molecule has 0 fully saturated rings. The number of hydrogen-bond acceptors (Lipinski definition) is 5. The Bertz CT molecular complexity index is 590. The van der Waals surface area contributed by atoms with E-state index in [4.69, 9.17) is 10.2 Å². The van der Waals surface area contributed by atoms with Gasteiger partial charge in [0.15, 0.2) is 0 Å². The Hall–Kier alpha value is -1.46. The molecule has 110 valence electrons. The summed E-state index contributed by atoms with van der Waals surface area (Å²) in [6.45, 7) is 1.94. The fourth-order valence-electron chi connectivity index (χ4n) is 1.61. The van der Waals surface area contributed by atoms with Crippen molar-refractivity contribution in [2.24, 2.45) is 0 Å². The van der Waals surface area contributed by atoms with Gasteiger partial charge in [-0.05, 0) is 12.5 Å². The summed E-state index contributed by atoms with van der Waals surface area (Å²) in [5, 5.41) is 17.4. The van der Waals surface area contributed by atoms with Crippen molar-refractivity contribution in [2.75, 3.05) is 26.3 Å². The van der Waals surface area contributed by atoms with Crippen molar-refractivity contribution in [3.63, 3.8) is 0 Å². The molecule has 20 heavy (non-hydrogen) atoms. The zero-order valence-corrected chi connectivity index (χ0v) is 12.1. The quantitative estimate of drug-likeness (QED) is 0.711. The van der Waals surface area contributed by atoms with Gasteiger partial charge in [0.2, 0.25) is 10.0 Å². The number of sulfonamides is 1. The number of aliphatic hydroxyl groups excluding tert-OH is 2.